The standard InChI is InChI=1S/C17H14ClFN4O/c1-9-15(19)23-8-7-20-13(16(23)21-9)17(2)6-5-11-10(14(17)24)3-4-12(18)22-11/h3-4,7-8H,5-6H2,1-2H3. The van der Waals surface area contributed by atoms with Crippen molar-refractivity contribution in [2.75, 3.05) is 0 Å². The van der Waals surface area contributed by atoms with E-state index in [9.17, 15) is 9.18 Å². The van der Waals surface area contributed by atoms with Crippen LogP contribution in [0.2, 0.25) is 5.15 Å². The van der Waals surface area contributed by atoms with Gasteiger partial charge in [0, 0.05) is 18.0 Å². The second kappa shape index (κ2) is 5.08. The summed E-state index contributed by atoms with van der Waals surface area (Å²) in [4.78, 5) is 26.0. The largest absolute Gasteiger partial charge is 0.293 e. The summed E-state index contributed by atoms with van der Waals surface area (Å²) in [5, 5.41) is 0.372. The minimum Gasteiger partial charge on any atom is -0.293 e. The molecule has 122 valence electrons. The molecule has 3 heterocycles. The molecule has 24 heavy (non-hydrogen) atoms. The fraction of sp³-hybridized carbons (Fsp3) is 0.294. The summed E-state index contributed by atoms with van der Waals surface area (Å²) in [7, 11) is 0. The van der Waals surface area contributed by atoms with Crippen LogP contribution < -0.4 is 0 Å². The zero-order valence-electron chi connectivity index (χ0n) is 13.2. The predicted molar refractivity (Wildman–Crippen MR) is 86.9 cm³/mol. The van der Waals surface area contributed by atoms with Crippen molar-refractivity contribution >= 4 is 23.0 Å². The van der Waals surface area contributed by atoms with Crippen molar-refractivity contribution in [3.63, 3.8) is 0 Å². The Labute approximate surface area is 142 Å². The molecule has 7 heteroatoms. The van der Waals surface area contributed by atoms with Gasteiger partial charge in [0.15, 0.2) is 11.4 Å². The number of hydrogen-bond donors (Lipinski definition) is 0. The minimum absolute atomic E-state index is 0.0884. The van der Waals surface area contributed by atoms with Crippen molar-refractivity contribution in [2.24, 2.45) is 0 Å². The third-order valence-electron chi connectivity index (χ3n) is 4.71. The lowest BCUT2D eigenvalue weighted by Crippen LogP contribution is -2.39. The molecule has 0 spiro atoms. The van der Waals surface area contributed by atoms with Crippen LogP contribution in [0.3, 0.4) is 0 Å². The van der Waals surface area contributed by atoms with Crippen LogP contribution in [0.5, 0.6) is 0 Å². The van der Waals surface area contributed by atoms with Crippen LogP contribution in [0.15, 0.2) is 24.5 Å². The highest BCUT2D eigenvalue weighted by molar-refractivity contribution is 6.29. The van der Waals surface area contributed by atoms with Gasteiger partial charge in [-0.15, -0.1) is 0 Å². The molecule has 0 aliphatic heterocycles. The Kier molecular flexibility index (Phi) is 3.22. The smallest absolute Gasteiger partial charge is 0.220 e. The molecule has 0 amide bonds. The van der Waals surface area contributed by atoms with Gasteiger partial charge in [0.1, 0.15) is 5.15 Å². The number of aromatic nitrogens is 4. The second-order valence-corrected chi connectivity index (χ2v) is 6.63. The quantitative estimate of drug-likeness (QED) is 0.635. The lowest BCUT2D eigenvalue weighted by molar-refractivity contribution is 0.0871. The van der Waals surface area contributed by atoms with E-state index < -0.39 is 11.4 Å². The molecular weight excluding hydrogens is 331 g/mol. The van der Waals surface area contributed by atoms with Crippen molar-refractivity contribution in [3.05, 3.63) is 58.3 Å². The molecule has 1 aliphatic carbocycles. The van der Waals surface area contributed by atoms with Gasteiger partial charge in [-0.2, -0.15) is 4.39 Å². The van der Waals surface area contributed by atoms with Gasteiger partial charge in [-0.05, 0) is 38.8 Å². The van der Waals surface area contributed by atoms with E-state index in [0.717, 1.165) is 0 Å². The van der Waals surface area contributed by atoms with Gasteiger partial charge in [-0.1, -0.05) is 11.6 Å². The number of pyridine rings is 1. The maximum Gasteiger partial charge on any atom is 0.220 e. The van der Waals surface area contributed by atoms with E-state index >= 15 is 0 Å². The SMILES string of the molecule is Cc1nc2c(C3(C)CCc4nc(Cl)ccc4C3=O)nccn2c1F. The molecule has 0 saturated heterocycles. The molecule has 3 aromatic rings. The van der Waals surface area contributed by atoms with Gasteiger partial charge in [-0.25, -0.2) is 9.97 Å². The van der Waals surface area contributed by atoms with Crippen molar-refractivity contribution in [1.82, 2.24) is 19.4 Å². The summed E-state index contributed by atoms with van der Waals surface area (Å²) in [5.74, 6) is -0.524. The number of fused-ring (bicyclic) bond motifs is 2. The van der Waals surface area contributed by atoms with Crippen LogP contribution in [0.1, 0.15) is 40.8 Å². The summed E-state index contributed by atoms with van der Waals surface area (Å²) in [6, 6.07) is 3.30. The first-order chi connectivity index (χ1) is 11.4. The molecule has 3 aromatic heterocycles. The average molecular weight is 345 g/mol. The number of aryl methyl sites for hydroxylation is 2. The van der Waals surface area contributed by atoms with Gasteiger partial charge >= 0.3 is 0 Å². The lowest BCUT2D eigenvalue weighted by atomic mass is 9.71. The van der Waals surface area contributed by atoms with Crippen LogP contribution in [0, 0.1) is 12.9 Å². The fourth-order valence-corrected chi connectivity index (χ4v) is 3.49. The third kappa shape index (κ3) is 1.99. The summed E-state index contributed by atoms with van der Waals surface area (Å²) >= 11 is 5.92. The first-order valence-electron chi connectivity index (χ1n) is 7.61. The maximum absolute atomic E-state index is 14.2. The summed E-state index contributed by atoms with van der Waals surface area (Å²) in [6.07, 6.45) is 4.14. The summed E-state index contributed by atoms with van der Waals surface area (Å²) in [6.45, 7) is 3.43. The van der Waals surface area contributed by atoms with E-state index in [4.69, 9.17) is 11.6 Å². The number of rotatable bonds is 1. The van der Waals surface area contributed by atoms with Gasteiger partial charge in [0.2, 0.25) is 5.95 Å². The third-order valence-corrected chi connectivity index (χ3v) is 4.92. The Morgan fingerprint density at radius 2 is 2.12 bits per heavy atom. The molecule has 1 unspecified atom stereocenters. The van der Waals surface area contributed by atoms with Crippen molar-refractivity contribution in [1.29, 1.82) is 0 Å². The molecule has 0 saturated carbocycles. The zero-order valence-corrected chi connectivity index (χ0v) is 13.9. The van der Waals surface area contributed by atoms with Crippen LogP contribution >= 0.6 is 11.6 Å². The Morgan fingerprint density at radius 3 is 2.92 bits per heavy atom. The molecule has 0 bridgehead atoms. The molecule has 0 radical (unpaired) electrons. The fourth-order valence-electron chi connectivity index (χ4n) is 3.33. The first kappa shape index (κ1) is 15.2. The minimum atomic E-state index is -0.880. The molecule has 1 atom stereocenters. The number of carbonyl (C=O) groups excluding carboxylic acids is 1. The molecule has 5 nitrogen and oxygen atoms in total. The van der Waals surface area contributed by atoms with E-state index in [2.05, 4.69) is 15.0 Å². The van der Waals surface area contributed by atoms with E-state index in [1.807, 2.05) is 6.92 Å². The molecule has 0 fully saturated rings. The number of ketones is 1. The number of hydrogen-bond acceptors (Lipinski definition) is 4. The highest BCUT2D eigenvalue weighted by Crippen LogP contribution is 2.38. The lowest BCUT2D eigenvalue weighted by Gasteiger charge is -2.32. The highest BCUT2D eigenvalue weighted by Gasteiger charge is 2.43. The van der Waals surface area contributed by atoms with E-state index in [0.29, 0.717) is 40.6 Å². The number of halogens is 2. The average Bonchev–Trinajstić information content (AvgIpc) is 2.86. The summed E-state index contributed by atoms with van der Waals surface area (Å²) < 4.78 is 15.5. The van der Waals surface area contributed by atoms with Gasteiger partial charge < -0.3 is 0 Å². The molecule has 0 N–H and O–H groups in total. The monoisotopic (exact) mass is 344 g/mol. The number of Topliss-reactive ketones (excluding diaryl/α,β-unsaturated/α-hetero) is 1. The van der Waals surface area contributed by atoms with Crippen LogP contribution in [-0.2, 0) is 11.8 Å². The van der Waals surface area contributed by atoms with Crippen molar-refractivity contribution in [3.8, 4) is 0 Å². The Morgan fingerprint density at radius 1 is 1.33 bits per heavy atom. The molecular formula is C17H14ClFN4O. The summed E-state index contributed by atoms with van der Waals surface area (Å²) in [5.41, 5.74) is 1.51. The molecule has 4 rings (SSSR count). The van der Waals surface area contributed by atoms with Gasteiger partial charge in [0.05, 0.1) is 22.5 Å². The number of nitrogens with zero attached hydrogens (tertiary/aromatic N) is 4. The Hall–Kier alpha value is -2.34. The Bertz CT molecular complexity index is 1000. The van der Waals surface area contributed by atoms with E-state index in [1.54, 1.807) is 19.1 Å². The van der Waals surface area contributed by atoms with Crippen molar-refractivity contribution in [2.45, 2.75) is 32.1 Å². The van der Waals surface area contributed by atoms with E-state index in [-0.39, 0.29) is 11.5 Å². The van der Waals surface area contributed by atoms with Gasteiger partial charge in [-0.3, -0.25) is 14.2 Å². The number of imidazole rings is 1. The number of carbonyl (C=O) groups is 1. The first-order valence-corrected chi connectivity index (χ1v) is 7.99. The topological polar surface area (TPSA) is 60.2 Å². The maximum atomic E-state index is 14.2. The normalized spacial score (nSPS) is 20.4. The van der Waals surface area contributed by atoms with Crippen molar-refractivity contribution < 1.29 is 9.18 Å². The zero-order chi connectivity index (χ0) is 17.1. The molecule has 0 aromatic carbocycles. The highest BCUT2D eigenvalue weighted by atomic mass is 35.5. The van der Waals surface area contributed by atoms with Crippen LogP contribution in [0.4, 0.5) is 4.39 Å². The predicted octanol–water partition coefficient (Wildman–Crippen LogP) is 3.31. The van der Waals surface area contributed by atoms with E-state index in [1.165, 1.54) is 16.8 Å². The van der Waals surface area contributed by atoms with Gasteiger partial charge in [0.25, 0.3) is 0 Å². The Balaban J connectivity index is 1.92. The second-order valence-electron chi connectivity index (χ2n) is 6.25. The molecule has 1 aliphatic rings. The van der Waals surface area contributed by atoms with Crippen LogP contribution in [-0.4, -0.2) is 25.1 Å². The van der Waals surface area contributed by atoms with Crippen LogP contribution in [0.25, 0.3) is 5.65 Å².